The van der Waals surface area contributed by atoms with Gasteiger partial charge in [0.05, 0.1) is 18.7 Å². The molecule has 0 aliphatic heterocycles. The average Bonchev–Trinajstić information content (AvgIpc) is 2.20. The van der Waals surface area contributed by atoms with Crippen molar-refractivity contribution in [2.45, 2.75) is 53.6 Å². The Kier molecular flexibility index (Phi) is 6.72. The molecule has 0 aliphatic carbocycles. The summed E-state index contributed by atoms with van der Waals surface area (Å²) in [6.45, 7) is 13.2. The van der Waals surface area contributed by atoms with Crippen molar-refractivity contribution < 1.29 is 9.53 Å². The summed E-state index contributed by atoms with van der Waals surface area (Å²) in [7, 11) is 0. The lowest BCUT2D eigenvalue weighted by Crippen LogP contribution is -2.53. The number of carbonyl (C=O) groups excluding carboxylic acids is 1. The molecule has 0 radical (unpaired) electrons. The van der Waals surface area contributed by atoms with Crippen LogP contribution in [0.2, 0.25) is 0 Å². The van der Waals surface area contributed by atoms with Crippen molar-refractivity contribution >= 4 is 5.91 Å². The predicted molar refractivity (Wildman–Crippen MR) is 70.7 cm³/mol. The maximum absolute atomic E-state index is 12.0. The number of hydrogen-bond donors (Lipinski definition) is 2. The normalized spacial score (nSPS) is 15.8. The highest BCUT2D eigenvalue weighted by molar-refractivity contribution is 5.82. The smallest absolute Gasteiger partial charge is 0.237 e. The molecule has 0 aliphatic rings. The molecule has 0 bridgehead atoms. The lowest BCUT2D eigenvalue weighted by atomic mass is 9.86. The highest BCUT2D eigenvalue weighted by Gasteiger charge is 2.29. The standard InChI is InChI=1S/C13H28N2O2/c1-7-17-8-10(9(2)3)15-12(16)11(14)13(4,5)6/h9-11H,7-8,14H2,1-6H3,(H,15,16). The number of amides is 1. The average molecular weight is 244 g/mol. The number of nitrogens with one attached hydrogen (secondary N) is 1. The van der Waals surface area contributed by atoms with E-state index < -0.39 is 6.04 Å². The van der Waals surface area contributed by atoms with Gasteiger partial charge in [-0.25, -0.2) is 0 Å². The lowest BCUT2D eigenvalue weighted by Gasteiger charge is -2.29. The number of hydrogen-bond acceptors (Lipinski definition) is 3. The first-order valence-electron chi connectivity index (χ1n) is 6.33. The third-order valence-corrected chi connectivity index (χ3v) is 2.85. The fourth-order valence-corrected chi connectivity index (χ4v) is 1.31. The number of ether oxygens (including phenoxy) is 1. The van der Waals surface area contributed by atoms with Crippen molar-refractivity contribution in [2.75, 3.05) is 13.2 Å². The van der Waals surface area contributed by atoms with Crippen LogP contribution in [0.1, 0.15) is 41.5 Å². The first-order chi connectivity index (χ1) is 7.70. The maximum Gasteiger partial charge on any atom is 0.237 e. The summed E-state index contributed by atoms with van der Waals surface area (Å²) < 4.78 is 5.37. The zero-order valence-corrected chi connectivity index (χ0v) is 12.0. The molecular weight excluding hydrogens is 216 g/mol. The van der Waals surface area contributed by atoms with Crippen LogP contribution >= 0.6 is 0 Å². The Labute approximate surface area is 105 Å². The van der Waals surface area contributed by atoms with Crippen molar-refractivity contribution in [1.29, 1.82) is 0 Å². The quantitative estimate of drug-likeness (QED) is 0.745. The van der Waals surface area contributed by atoms with Crippen molar-refractivity contribution in [1.82, 2.24) is 5.32 Å². The van der Waals surface area contributed by atoms with Crippen LogP contribution in [0, 0.1) is 11.3 Å². The molecular formula is C13H28N2O2. The number of nitrogens with two attached hydrogens (primary N) is 1. The van der Waals surface area contributed by atoms with E-state index in [0.29, 0.717) is 19.1 Å². The summed E-state index contributed by atoms with van der Waals surface area (Å²) in [5, 5.41) is 2.97. The Hall–Kier alpha value is -0.610. The predicted octanol–water partition coefficient (Wildman–Crippen LogP) is 1.54. The fourth-order valence-electron chi connectivity index (χ4n) is 1.31. The molecule has 2 unspecified atom stereocenters. The van der Waals surface area contributed by atoms with Gasteiger partial charge in [0.2, 0.25) is 5.91 Å². The van der Waals surface area contributed by atoms with Crippen LogP contribution in [0.25, 0.3) is 0 Å². The van der Waals surface area contributed by atoms with Crippen molar-refractivity contribution in [2.24, 2.45) is 17.1 Å². The molecule has 0 heterocycles. The van der Waals surface area contributed by atoms with Crippen LogP contribution in [-0.4, -0.2) is 31.2 Å². The zero-order chi connectivity index (χ0) is 13.6. The SMILES string of the molecule is CCOCC(NC(=O)C(N)C(C)(C)C)C(C)C. The van der Waals surface area contributed by atoms with E-state index in [9.17, 15) is 4.79 Å². The minimum atomic E-state index is -0.495. The Morgan fingerprint density at radius 2 is 1.88 bits per heavy atom. The third-order valence-electron chi connectivity index (χ3n) is 2.85. The van der Waals surface area contributed by atoms with Gasteiger partial charge in [-0.2, -0.15) is 0 Å². The van der Waals surface area contributed by atoms with Gasteiger partial charge >= 0.3 is 0 Å². The van der Waals surface area contributed by atoms with E-state index in [1.807, 2.05) is 27.7 Å². The summed E-state index contributed by atoms with van der Waals surface area (Å²) in [5.41, 5.74) is 5.69. The zero-order valence-electron chi connectivity index (χ0n) is 12.0. The summed E-state index contributed by atoms with van der Waals surface area (Å²) in [6.07, 6.45) is 0. The molecule has 4 nitrogen and oxygen atoms in total. The van der Waals surface area contributed by atoms with Gasteiger partial charge in [0.15, 0.2) is 0 Å². The van der Waals surface area contributed by atoms with E-state index in [4.69, 9.17) is 10.5 Å². The Morgan fingerprint density at radius 3 is 2.24 bits per heavy atom. The van der Waals surface area contributed by atoms with Crippen LogP contribution in [0.4, 0.5) is 0 Å². The molecule has 2 atom stereocenters. The van der Waals surface area contributed by atoms with Gasteiger partial charge in [0.1, 0.15) is 0 Å². The second kappa shape index (κ2) is 6.97. The monoisotopic (exact) mass is 244 g/mol. The highest BCUT2D eigenvalue weighted by Crippen LogP contribution is 2.17. The summed E-state index contributed by atoms with van der Waals surface area (Å²) in [6, 6.07) is -0.471. The van der Waals surface area contributed by atoms with E-state index in [1.54, 1.807) is 0 Å². The molecule has 1 amide bonds. The van der Waals surface area contributed by atoms with Crippen LogP contribution in [0.15, 0.2) is 0 Å². The first-order valence-corrected chi connectivity index (χ1v) is 6.33. The van der Waals surface area contributed by atoms with Crippen molar-refractivity contribution in [3.8, 4) is 0 Å². The van der Waals surface area contributed by atoms with Gasteiger partial charge in [-0.15, -0.1) is 0 Å². The first kappa shape index (κ1) is 16.4. The minimum Gasteiger partial charge on any atom is -0.380 e. The second-order valence-electron chi connectivity index (χ2n) is 5.86. The number of carbonyl (C=O) groups is 1. The Morgan fingerprint density at radius 1 is 1.35 bits per heavy atom. The number of rotatable bonds is 6. The van der Waals surface area contributed by atoms with Crippen LogP contribution < -0.4 is 11.1 Å². The molecule has 3 N–H and O–H groups in total. The van der Waals surface area contributed by atoms with Crippen LogP contribution in [0.5, 0.6) is 0 Å². The third kappa shape index (κ3) is 6.03. The highest BCUT2D eigenvalue weighted by atomic mass is 16.5. The van der Waals surface area contributed by atoms with Gasteiger partial charge in [-0.1, -0.05) is 34.6 Å². The van der Waals surface area contributed by atoms with E-state index in [2.05, 4.69) is 19.2 Å². The summed E-state index contributed by atoms with van der Waals surface area (Å²) in [5.74, 6) is 0.230. The van der Waals surface area contributed by atoms with Gasteiger partial charge < -0.3 is 15.8 Å². The minimum absolute atomic E-state index is 0.0239. The van der Waals surface area contributed by atoms with Crippen LogP contribution in [0.3, 0.4) is 0 Å². The van der Waals surface area contributed by atoms with Gasteiger partial charge in [-0.3, -0.25) is 4.79 Å². The van der Waals surface area contributed by atoms with Gasteiger partial charge in [-0.05, 0) is 18.3 Å². The Balaban J connectivity index is 4.40. The molecule has 0 spiro atoms. The van der Waals surface area contributed by atoms with Gasteiger partial charge in [0.25, 0.3) is 0 Å². The second-order valence-corrected chi connectivity index (χ2v) is 5.86. The lowest BCUT2D eigenvalue weighted by molar-refractivity contribution is -0.126. The molecule has 0 aromatic heterocycles. The van der Waals surface area contributed by atoms with Gasteiger partial charge in [0, 0.05) is 6.61 Å². The Bertz CT molecular complexity index is 234. The molecule has 0 rings (SSSR count). The molecule has 0 saturated carbocycles. The summed E-state index contributed by atoms with van der Waals surface area (Å²) in [4.78, 5) is 12.0. The van der Waals surface area contributed by atoms with Crippen molar-refractivity contribution in [3.63, 3.8) is 0 Å². The van der Waals surface area contributed by atoms with Crippen molar-refractivity contribution in [3.05, 3.63) is 0 Å². The fraction of sp³-hybridized carbons (Fsp3) is 0.923. The topological polar surface area (TPSA) is 64.3 Å². The molecule has 102 valence electrons. The molecule has 0 fully saturated rings. The largest absolute Gasteiger partial charge is 0.380 e. The molecule has 0 aromatic carbocycles. The molecule has 0 aromatic rings. The van der Waals surface area contributed by atoms with E-state index in [0.717, 1.165) is 0 Å². The maximum atomic E-state index is 12.0. The summed E-state index contributed by atoms with van der Waals surface area (Å²) >= 11 is 0. The molecule has 4 heteroatoms. The van der Waals surface area contributed by atoms with E-state index in [1.165, 1.54) is 0 Å². The van der Waals surface area contributed by atoms with E-state index in [-0.39, 0.29) is 17.4 Å². The molecule has 0 saturated heterocycles. The van der Waals surface area contributed by atoms with Crippen LogP contribution in [-0.2, 0) is 9.53 Å². The molecule has 17 heavy (non-hydrogen) atoms. The van der Waals surface area contributed by atoms with E-state index >= 15 is 0 Å².